The summed E-state index contributed by atoms with van der Waals surface area (Å²) in [5, 5.41) is 11.5. The fourth-order valence-electron chi connectivity index (χ4n) is 2.57. The second-order valence-corrected chi connectivity index (χ2v) is 4.90. The fourth-order valence-corrected chi connectivity index (χ4v) is 2.57. The molecule has 0 radical (unpaired) electrons. The number of benzene rings is 1. The Balaban J connectivity index is 2.02. The standard InChI is InChI=1S/C15H17NO2/c1-18-15(10-7-8-10)14(17)12-4-2-6-13-11(12)5-3-9-16-13/h2-6,9-10,14-15,17H,7-8H2,1H3. The van der Waals surface area contributed by atoms with E-state index in [1.54, 1.807) is 13.3 Å². The van der Waals surface area contributed by atoms with Crippen molar-refractivity contribution in [3.05, 3.63) is 42.1 Å². The summed E-state index contributed by atoms with van der Waals surface area (Å²) in [7, 11) is 1.68. The van der Waals surface area contributed by atoms with E-state index in [1.807, 2.05) is 30.3 Å². The zero-order valence-electron chi connectivity index (χ0n) is 10.4. The van der Waals surface area contributed by atoms with Crippen molar-refractivity contribution in [3.63, 3.8) is 0 Å². The molecule has 3 nitrogen and oxygen atoms in total. The molecule has 1 heterocycles. The monoisotopic (exact) mass is 243 g/mol. The molecule has 1 aromatic carbocycles. The van der Waals surface area contributed by atoms with E-state index in [2.05, 4.69) is 4.98 Å². The molecule has 2 unspecified atom stereocenters. The van der Waals surface area contributed by atoms with Crippen molar-refractivity contribution in [2.45, 2.75) is 25.0 Å². The molecular weight excluding hydrogens is 226 g/mol. The summed E-state index contributed by atoms with van der Waals surface area (Å²) in [6.07, 6.45) is 3.40. The first-order valence-corrected chi connectivity index (χ1v) is 6.36. The zero-order valence-corrected chi connectivity index (χ0v) is 10.4. The van der Waals surface area contributed by atoms with Crippen LogP contribution < -0.4 is 0 Å². The first-order valence-electron chi connectivity index (χ1n) is 6.36. The molecule has 0 saturated heterocycles. The van der Waals surface area contributed by atoms with Crippen LogP contribution in [0.25, 0.3) is 10.9 Å². The molecule has 1 saturated carbocycles. The average Bonchev–Trinajstić information content (AvgIpc) is 3.23. The number of hydrogen-bond acceptors (Lipinski definition) is 3. The molecule has 0 amide bonds. The van der Waals surface area contributed by atoms with Crippen LogP contribution in [0.2, 0.25) is 0 Å². The maximum Gasteiger partial charge on any atom is 0.106 e. The molecule has 1 N–H and O–H groups in total. The van der Waals surface area contributed by atoms with Gasteiger partial charge in [-0.3, -0.25) is 4.98 Å². The molecule has 94 valence electrons. The maximum absolute atomic E-state index is 10.5. The van der Waals surface area contributed by atoms with Crippen LogP contribution in [0.15, 0.2) is 36.5 Å². The summed E-state index contributed by atoms with van der Waals surface area (Å²) in [4.78, 5) is 4.32. The van der Waals surface area contributed by atoms with E-state index in [0.717, 1.165) is 29.3 Å². The van der Waals surface area contributed by atoms with Crippen molar-refractivity contribution >= 4 is 10.9 Å². The summed E-state index contributed by atoms with van der Waals surface area (Å²) in [6, 6.07) is 9.76. The van der Waals surface area contributed by atoms with Gasteiger partial charge in [-0.1, -0.05) is 18.2 Å². The van der Waals surface area contributed by atoms with Crippen LogP contribution in [-0.2, 0) is 4.74 Å². The van der Waals surface area contributed by atoms with Crippen LogP contribution in [-0.4, -0.2) is 23.3 Å². The number of aliphatic hydroxyl groups excluding tert-OH is 1. The number of methoxy groups -OCH3 is 1. The Bertz CT molecular complexity index is 546. The third-order valence-electron chi connectivity index (χ3n) is 3.67. The third-order valence-corrected chi connectivity index (χ3v) is 3.67. The molecule has 18 heavy (non-hydrogen) atoms. The lowest BCUT2D eigenvalue weighted by atomic mass is 9.97. The van der Waals surface area contributed by atoms with Crippen molar-refractivity contribution < 1.29 is 9.84 Å². The van der Waals surface area contributed by atoms with Crippen molar-refractivity contribution in [3.8, 4) is 0 Å². The van der Waals surface area contributed by atoms with Gasteiger partial charge in [0.25, 0.3) is 0 Å². The molecule has 1 aromatic heterocycles. The maximum atomic E-state index is 10.5. The lowest BCUT2D eigenvalue weighted by Crippen LogP contribution is -2.23. The van der Waals surface area contributed by atoms with Gasteiger partial charge in [0.1, 0.15) is 6.10 Å². The number of rotatable bonds is 4. The van der Waals surface area contributed by atoms with Crippen molar-refractivity contribution in [1.29, 1.82) is 0 Å². The number of fused-ring (bicyclic) bond motifs is 1. The van der Waals surface area contributed by atoms with E-state index in [1.165, 1.54) is 0 Å². The van der Waals surface area contributed by atoms with Gasteiger partial charge >= 0.3 is 0 Å². The molecule has 3 heteroatoms. The highest BCUT2D eigenvalue weighted by molar-refractivity contribution is 5.82. The van der Waals surface area contributed by atoms with Crippen LogP contribution in [0.3, 0.4) is 0 Å². The van der Waals surface area contributed by atoms with E-state index in [9.17, 15) is 5.11 Å². The first kappa shape index (κ1) is 11.6. The highest BCUT2D eigenvalue weighted by atomic mass is 16.5. The Hall–Kier alpha value is -1.45. The van der Waals surface area contributed by atoms with Gasteiger partial charge in [0.05, 0.1) is 11.6 Å². The third kappa shape index (κ3) is 2.00. The van der Waals surface area contributed by atoms with Crippen LogP contribution in [0.1, 0.15) is 24.5 Å². The minimum Gasteiger partial charge on any atom is -0.386 e. The van der Waals surface area contributed by atoms with E-state index in [4.69, 9.17) is 4.74 Å². The molecular formula is C15H17NO2. The number of pyridine rings is 1. The van der Waals surface area contributed by atoms with E-state index in [-0.39, 0.29) is 6.10 Å². The Kier molecular flexibility index (Phi) is 3.02. The number of nitrogens with zero attached hydrogens (tertiary/aromatic N) is 1. The van der Waals surface area contributed by atoms with Gasteiger partial charge in [0, 0.05) is 18.7 Å². The van der Waals surface area contributed by atoms with Crippen molar-refractivity contribution in [2.24, 2.45) is 5.92 Å². The first-order chi connectivity index (χ1) is 8.81. The quantitative estimate of drug-likeness (QED) is 0.897. The topological polar surface area (TPSA) is 42.4 Å². The molecule has 2 aromatic rings. The van der Waals surface area contributed by atoms with Gasteiger partial charge in [-0.25, -0.2) is 0 Å². The van der Waals surface area contributed by atoms with Crippen molar-refractivity contribution in [1.82, 2.24) is 4.98 Å². The summed E-state index contributed by atoms with van der Waals surface area (Å²) in [5.74, 6) is 0.497. The summed E-state index contributed by atoms with van der Waals surface area (Å²) < 4.78 is 5.47. The number of hydrogen-bond donors (Lipinski definition) is 1. The largest absolute Gasteiger partial charge is 0.386 e. The lowest BCUT2D eigenvalue weighted by molar-refractivity contribution is -0.0252. The Morgan fingerprint density at radius 2 is 2.11 bits per heavy atom. The Morgan fingerprint density at radius 1 is 1.28 bits per heavy atom. The molecule has 3 rings (SSSR count). The highest BCUT2D eigenvalue weighted by Gasteiger charge is 2.37. The molecule has 0 aliphatic heterocycles. The fraction of sp³-hybridized carbons (Fsp3) is 0.400. The SMILES string of the molecule is COC(C1CC1)C(O)c1cccc2ncccc12. The Labute approximate surface area is 106 Å². The van der Waals surface area contributed by atoms with Gasteiger partial charge in [0.2, 0.25) is 0 Å². The molecule has 0 bridgehead atoms. The van der Waals surface area contributed by atoms with Crippen molar-refractivity contribution in [2.75, 3.05) is 7.11 Å². The molecule has 1 aliphatic rings. The van der Waals surface area contributed by atoms with Gasteiger partial charge < -0.3 is 9.84 Å². The van der Waals surface area contributed by atoms with E-state index in [0.29, 0.717) is 5.92 Å². The molecule has 2 atom stereocenters. The second-order valence-electron chi connectivity index (χ2n) is 4.90. The minimum absolute atomic E-state index is 0.101. The molecule has 0 spiro atoms. The lowest BCUT2D eigenvalue weighted by Gasteiger charge is -2.22. The predicted molar refractivity (Wildman–Crippen MR) is 70.2 cm³/mol. The summed E-state index contributed by atoms with van der Waals surface area (Å²) in [6.45, 7) is 0. The van der Waals surface area contributed by atoms with Gasteiger partial charge in [-0.15, -0.1) is 0 Å². The van der Waals surface area contributed by atoms with Crippen LogP contribution >= 0.6 is 0 Å². The zero-order chi connectivity index (χ0) is 12.5. The second kappa shape index (κ2) is 4.67. The number of ether oxygens (including phenoxy) is 1. The van der Waals surface area contributed by atoms with E-state index < -0.39 is 6.10 Å². The smallest absolute Gasteiger partial charge is 0.106 e. The van der Waals surface area contributed by atoms with Crippen LogP contribution in [0, 0.1) is 5.92 Å². The Morgan fingerprint density at radius 3 is 2.83 bits per heavy atom. The van der Waals surface area contributed by atoms with Gasteiger partial charge in [0.15, 0.2) is 0 Å². The normalized spacial score (nSPS) is 18.8. The number of aliphatic hydroxyl groups is 1. The minimum atomic E-state index is -0.574. The predicted octanol–water partition coefficient (Wildman–Crippen LogP) is 2.69. The molecule has 1 aliphatic carbocycles. The highest BCUT2D eigenvalue weighted by Crippen LogP contribution is 2.40. The van der Waals surface area contributed by atoms with Crippen LogP contribution in [0.5, 0.6) is 0 Å². The summed E-state index contributed by atoms with van der Waals surface area (Å²) >= 11 is 0. The van der Waals surface area contributed by atoms with Gasteiger partial charge in [-0.2, -0.15) is 0 Å². The number of aromatic nitrogens is 1. The van der Waals surface area contributed by atoms with Gasteiger partial charge in [-0.05, 0) is 36.5 Å². The average molecular weight is 243 g/mol. The summed E-state index contributed by atoms with van der Waals surface area (Å²) in [5.41, 5.74) is 1.83. The van der Waals surface area contributed by atoms with E-state index >= 15 is 0 Å². The van der Waals surface area contributed by atoms with Crippen LogP contribution in [0.4, 0.5) is 0 Å². The molecule has 1 fully saturated rings.